The lowest BCUT2D eigenvalue weighted by Crippen LogP contribution is -2.56. The molecular weight excluding hydrogens is 432 g/mol. The van der Waals surface area contributed by atoms with Gasteiger partial charge in [-0.05, 0) is 38.8 Å². The predicted molar refractivity (Wildman–Crippen MR) is 133 cm³/mol. The molecule has 2 amide bonds. The molecule has 0 saturated heterocycles. The summed E-state index contributed by atoms with van der Waals surface area (Å²) < 4.78 is 10.7. The molecule has 0 aliphatic rings. The van der Waals surface area contributed by atoms with Gasteiger partial charge >= 0.3 is 12.2 Å². The maximum atomic E-state index is 12.6. The second-order valence-corrected chi connectivity index (χ2v) is 8.69. The highest BCUT2D eigenvalue weighted by Crippen LogP contribution is 2.12. The van der Waals surface area contributed by atoms with Gasteiger partial charge in [-0.3, -0.25) is 0 Å². The van der Waals surface area contributed by atoms with Crippen molar-refractivity contribution in [2.45, 2.75) is 58.1 Å². The van der Waals surface area contributed by atoms with Crippen molar-refractivity contribution in [3.8, 4) is 0 Å². The molecule has 0 radical (unpaired) electrons. The van der Waals surface area contributed by atoms with Crippen molar-refractivity contribution in [2.75, 3.05) is 0 Å². The fourth-order valence-corrected chi connectivity index (χ4v) is 3.09. The van der Waals surface area contributed by atoms with Crippen molar-refractivity contribution in [1.82, 2.24) is 10.6 Å². The first-order valence-electron chi connectivity index (χ1n) is 11.2. The van der Waals surface area contributed by atoms with Crippen LogP contribution in [-0.2, 0) is 16.1 Å². The smallest absolute Gasteiger partial charge is 0.408 e. The number of carbonyl (C=O) groups is 2. The van der Waals surface area contributed by atoms with E-state index in [-0.39, 0.29) is 6.61 Å². The molecule has 0 spiro atoms. The number of aliphatic hydroxyl groups is 1. The van der Waals surface area contributed by atoms with Crippen molar-refractivity contribution in [2.24, 2.45) is 0 Å². The molecule has 3 N–H and O–H groups in total. The molecule has 34 heavy (non-hydrogen) atoms. The van der Waals surface area contributed by atoms with Crippen LogP contribution in [0.5, 0.6) is 0 Å². The molecule has 0 aliphatic heterocycles. The summed E-state index contributed by atoms with van der Waals surface area (Å²) in [4.78, 5) is 25.1. The van der Waals surface area contributed by atoms with Crippen molar-refractivity contribution < 1.29 is 24.2 Å². The van der Waals surface area contributed by atoms with E-state index in [9.17, 15) is 14.7 Å². The normalized spacial score (nSPS) is 14.4. The van der Waals surface area contributed by atoms with Crippen molar-refractivity contribution in [3.63, 3.8) is 0 Å². The molecule has 7 nitrogen and oxygen atoms in total. The van der Waals surface area contributed by atoms with Crippen LogP contribution < -0.4 is 10.6 Å². The van der Waals surface area contributed by atoms with Crippen molar-refractivity contribution in [1.29, 1.82) is 0 Å². The fourth-order valence-electron chi connectivity index (χ4n) is 3.09. The Balaban J connectivity index is 2.24. The first kappa shape index (κ1) is 26.7. The second kappa shape index (κ2) is 13.2. The Morgan fingerprint density at radius 2 is 1.56 bits per heavy atom. The van der Waals surface area contributed by atoms with Gasteiger partial charge < -0.3 is 25.2 Å². The Labute approximate surface area is 201 Å². The standard InChI is InChI=1S/C27H34N2O5/c1-5-12-23(30)24(29-25(31)33-19-21-15-10-7-11-16-21)22(28-26(32)34-27(2,3)4)18-17-20-13-8-6-9-14-20/h5-18,22-24,30H,19H2,1-4H3,(H,28,32)(H,29,31)/b12-5+,18-17+/t22-,23?,24+/m1/s1. The van der Waals surface area contributed by atoms with E-state index in [2.05, 4.69) is 10.6 Å². The Kier molecular flexibility index (Phi) is 10.4. The van der Waals surface area contributed by atoms with Crippen LogP contribution in [0.3, 0.4) is 0 Å². The van der Waals surface area contributed by atoms with Gasteiger partial charge in [-0.1, -0.05) is 85.0 Å². The van der Waals surface area contributed by atoms with E-state index in [1.165, 1.54) is 6.08 Å². The number of amides is 2. The minimum atomic E-state index is -1.10. The van der Waals surface area contributed by atoms with E-state index in [0.717, 1.165) is 11.1 Å². The monoisotopic (exact) mass is 466 g/mol. The van der Waals surface area contributed by atoms with Crippen LogP contribution in [0, 0.1) is 0 Å². The van der Waals surface area contributed by atoms with Crippen LogP contribution in [0.15, 0.2) is 78.9 Å². The molecule has 0 aromatic heterocycles. The van der Waals surface area contributed by atoms with E-state index < -0.39 is 36.0 Å². The summed E-state index contributed by atoms with van der Waals surface area (Å²) >= 11 is 0. The fraction of sp³-hybridized carbons (Fsp3) is 0.333. The highest BCUT2D eigenvalue weighted by molar-refractivity contribution is 5.71. The van der Waals surface area contributed by atoms with Gasteiger partial charge in [0.1, 0.15) is 12.2 Å². The molecule has 2 rings (SSSR count). The van der Waals surface area contributed by atoms with Crippen LogP contribution in [0.2, 0.25) is 0 Å². The van der Waals surface area contributed by atoms with Crippen LogP contribution in [0.4, 0.5) is 9.59 Å². The quantitative estimate of drug-likeness (QED) is 0.460. The van der Waals surface area contributed by atoms with Gasteiger partial charge in [-0.15, -0.1) is 0 Å². The van der Waals surface area contributed by atoms with E-state index >= 15 is 0 Å². The zero-order chi connectivity index (χ0) is 25.0. The first-order valence-corrected chi connectivity index (χ1v) is 11.2. The van der Waals surface area contributed by atoms with E-state index in [1.807, 2.05) is 60.7 Å². The molecule has 0 saturated carbocycles. The average molecular weight is 467 g/mol. The van der Waals surface area contributed by atoms with Gasteiger partial charge in [0.25, 0.3) is 0 Å². The molecule has 2 aromatic rings. The summed E-state index contributed by atoms with van der Waals surface area (Å²) in [5, 5.41) is 16.2. The summed E-state index contributed by atoms with van der Waals surface area (Å²) in [7, 11) is 0. The van der Waals surface area contributed by atoms with Crippen LogP contribution in [0.1, 0.15) is 38.8 Å². The Hall–Kier alpha value is -3.58. The highest BCUT2D eigenvalue weighted by atomic mass is 16.6. The number of hydrogen-bond acceptors (Lipinski definition) is 5. The molecule has 182 valence electrons. The number of nitrogens with one attached hydrogen (secondary N) is 2. The van der Waals surface area contributed by atoms with E-state index in [0.29, 0.717) is 0 Å². The summed E-state index contributed by atoms with van der Waals surface area (Å²) in [6, 6.07) is 17.0. The molecule has 7 heteroatoms. The number of aliphatic hydroxyl groups excluding tert-OH is 1. The minimum Gasteiger partial charge on any atom is -0.445 e. The third kappa shape index (κ3) is 9.92. The molecule has 0 bridgehead atoms. The zero-order valence-corrected chi connectivity index (χ0v) is 20.1. The second-order valence-electron chi connectivity index (χ2n) is 8.69. The largest absolute Gasteiger partial charge is 0.445 e. The van der Waals surface area contributed by atoms with Gasteiger partial charge in [0.15, 0.2) is 0 Å². The van der Waals surface area contributed by atoms with Gasteiger partial charge in [0.2, 0.25) is 0 Å². The topological polar surface area (TPSA) is 96.9 Å². The minimum absolute atomic E-state index is 0.0725. The molecule has 2 aromatic carbocycles. The lowest BCUT2D eigenvalue weighted by Gasteiger charge is -2.30. The zero-order valence-electron chi connectivity index (χ0n) is 20.1. The number of carbonyl (C=O) groups excluding carboxylic acids is 2. The summed E-state index contributed by atoms with van der Waals surface area (Å²) in [5.74, 6) is 0. The number of ether oxygens (including phenoxy) is 2. The van der Waals surface area contributed by atoms with Gasteiger partial charge in [0, 0.05) is 0 Å². The molecule has 0 heterocycles. The summed E-state index contributed by atoms with van der Waals surface area (Å²) in [6.07, 6.45) is 4.20. The van der Waals surface area contributed by atoms with Gasteiger partial charge in [-0.25, -0.2) is 9.59 Å². The van der Waals surface area contributed by atoms with E-state index in [1.54, 1.807) is 45.9 Å². The molecular formula is C27H34N2O5. The lowest BCUT2D eigenvalue weighted by molar-refractivity contribution is 0.0481. The third-order valence-electron chi connectivity index (χ3n) is 4.62. The Morgan fingerprint density at radius 1 is 0.941 bits per heavy atom. The molecule has 0 aliphatic carbocycles. The summed E-state index contributed by atoms with van der Waals surface area (Å²) in [5.41, 5.74) is 1.01. The van der Waals surface area contributed by atoms with Crippen molar-refractivity contribution in [3.05, 3.63) is 90.0 Å². The Bertz CT molecular complexity index is 952. The van der Waals surface area contributed by atoms with Gasteiger partial charge in [0.05, 0.1) is 18.2 Å². The molecule has 3 atom stereocenters. The Morgan fingerprint density at radius 3 is 2.15 bits per heavy atom. The maximum absolute atomic E-state index is 12.6. The lowest BCUT2D eigenvalue weighted by atomic mass is 10.00. The number of benzene rings is 2. The average Bonchev–Trinajstić information content (AvgIpc) is 2.79. The van der Waals surface area contributed by atoms with Crippen LogP contribution in [-0.4, -0.2) is 41.1 Å². The number of hydrogen-bond donors (Lipinski definition) is 3. The number of rotatable bonds is 9. The first-order chi connectivity index (χ1) is 16.2. The van der Waals surface area contributed by atoms with Crippen LogP contribution in [0.25, 0.3) is 6.08 Å². The van der Waals surface area contributed by atoms with Crippen LogP contribution >= 0.6 is 0 Å². The number of allylic oxidation sites excluding steroid dienone is 1. The molecule has 0 fully saturated rings. The third-order valence-corrected chi connectivity index (χ3v) is 4.62. The van der Waals surface area contributed by atoms with E-state index in [4.69, 9.17) is 9.47 Å². The number of alkyl carbamates (subject to hydrolysis) is 2. The highest BCUT2D eigenvalue weighted by Gasteiger charge is 2.30. The summed E-state index contributed by atoms with van der Waals surface area (Å²) in [6.45, 7) is 7.10. The molecule has 1 unspecified atom stereocenters. The van der Waals surface area contributed by atoms with Gasteiger partial charge in [-0.2, -0.15) is 0 Å². The maximum Gasteiger partial charge on any atom is 0.408 e. The predicted octanol–water partition coefficient (Wildman–Crippen LogP) is 4.83. The SMILES string of the molecule is C/C=C/C(O)[C@@H](NC(=O)OCc1ccccc1)[C@@H](/C=C/c1ccccc1)NC(=O)OC(C)(C)C. The van der Waals surface area contributed by atoms with Crippen molar-refractivity contribution >= 4 is 18.3 Å².